The van der Waals surface area contributed by atoms with Gasteiger partial charge in [0.25, 0.3) is 0 Å². The zero-order valence-corrected chi connectivity index (χ0v) is 14.9. The van der Waals surface area contributed by atoms with E-state index in [0.717, 1.165) is 41.5 Å². The van der Waals surface area contributed by atoms with Crippen LogP contribution in [-0.4, -0.2) is 35.0 Å². The normalized spacial score (nSPS) is 18.6. The minimum Gasteiger partial charge on any atom is -0.478 e. The molecule has 0 aromatic heterocycles. The summed E-state index contributed by atoms with van der Waals surface area (Å²) in [4.78, 5) is 26.3. The largest absolute Gasteiger partial charge is 0.478 e. The summed E-state index contributed by atoms with van der Waals surface area (Å²) in [7, 11) is 0. The van der Waals surface area contributed by atoms with E-state index in [1.807, 2.05) is 24.3 Å². The molecule has 0 atom stereocenters. The van der Waals surface area contributed by atoms with E-state index in [1.165, 1.54) is 6.07 Å². The molecule has 2 aromatic carbocycles. The fraction of sp³-hybridized carbons (Fsp3) is 0.300. The van der Waals surface area contributed by atoms with E-state index in [9.17, 15) is 14.7 Å². The highest BCUT2D eigenvalue weighted by atomic mass is 35.5. The van der Waals surface area contributed by atoms with Crippen molar-refractivity contribution in [1.29, 1.82) is 0 Å². The Bertz CT molecular complexity index is 888. The number of nitrogens with zero attached hydrogens (tertiary/aromatic N) is 1. The average Bonchev–Trinajstić information content (AvgIpc) is 2.90. The fourth-order valence-corrected chi connectivity index (χ4v) is 4.20. The molecule has 26 heavy (non-hydrogen) atoms. The van der Waals surface area contributed by atoms with Crippen molar-refractivity contribution in [3.63, 3.8) is 0 Å². The Kier molecular flexibility index (Phi) is 4.21. The standard InChI is InChI=1S/C20H19ClN2O3/c21-16-4-2-1-3-14(16)12-23-9-7-20(8-10-23)15-11-13(18(24)25)5-6-17(15)22-19(20)26/h1-6,11H,7-10,12H2,(H,22,26)(H,24,25). The Morgan fingerprint density at radius 1 is 1.19 bits per heavy atom. The van der Waals surface area contributed by atoms with E-state index in [4.69, 9.17) is 11.6 Å². The van der Waals surface area contributed by atoms with Crippen LogP contribution in [0.4, 0.5) is 5.69 Å². The van der Waals surface area contributed by atoms with Crippen molar-refractivity contribution in [2.75, 3.05) is 18.4 Å². The van der Waals surface area contributed by atoms with Crippen LogP contribution in [0.25, 0.3) is 0 Å². The summed E-state index contributed by atoms with van der Waals surface area (Å²) in [6, 6.07) is 12.7. The third kappa shape index (κ3) is 2.77. The van der Waals surface area contributed by atoms with E-state index in [1.54, 1.807) is 12.1 Å². The lowest BCUT2D eigenvalue weighted by Gasteiger charge is -2.38. The number of amides is 1. The van der Waals surface area contributed by atoms with Gasteiger partial charge in [-0.1, -0.05) is 29.8 Å². The SMILES string of the molecule is O=C(O)c1ccc2c(c1)C1(CCN(Cc3ccccc3Cl)CC1)C(=O)N2. The summed E-state index contributed by atoms with van der Waals surface area (Å²) in [5.41, 5.74) is 2.23. The number of halogens is 1. The number of nitrogens with one attached hydrogen (secondary N) is 1. The second-order valence-corrected chi connectivity index (χ2v) is 7.38. The molecule has 4 rings (SSSR count). The van der Waals surface area contributed by atoms with Crippen molar-refractivity contribution in [1.82, 2.24) is 4.90 Å². The maximum atomic E-state index is 12.7. The number of piperidine rings is 1. The Balaban J connectivity index is 1.55. The first-order valence-electron chi connectivity index (χ1n) is 8.65. The molecular weight excluding hydrogens is 352 g/mol. The minimum absolute atomic E-state index is 0.0209. The molecular formula is C20H19ClN2O3. The van der Waals surface area contributed by atoms with E-state index < -0.39 is 11.4 Å². The van der Waals surface area contributed by atoms with Gasteiger partial charge in [0.2, 0.25) is 5.91 Å². The molecule has 5 nitrogen and oxygen atoms in total. The number of hydrogen-bond donors (Lipinski definition) is 2. The minimum atomic E-state index is -0.974. The molecule has 2 aromatic rings. The smallest absolute Gasteiger partial charge is 0.335 e. The van der Waals surface area contributed by atoms with Crippen LogP contribution in [0.15, 0.2) is 42.5 Å². The highest BCUT2D eigenvalue weighted by Crippen LogP contribution is 2.45. The predicted molar refractivity (Wildman–Crippen MR) is 99.7 cm³/mol. The highest BCUT2D eigenvalue weighted by molar-refractivity contribution is 6.31. The van der Waals surface area contributed by atoms with Gasteiger partial charge in [0.15, 0.2) is 0 Å². The van der Waals surface area contributed by atoms with Crippen molar-refractivity contribution >= 4 is 29.2 Å². The van der Waals surface area contributed by atoms with E-state index in [2.05, 4.69) is 10.2 Å². The zero-order valence-electron chi connectivity index (χ0n) is 14.2. The van der Waals surface area contributed by atoms with Crippen molar-refractivity contribution in [3.05, 3.63) is 64.2 Å². The number of aromatic carboxylic acids is 1. The van der Waals surface area contributed by atoms with Gasteiger partial charge >= 0.3 is 5.97 Å². The van der Waals surface area contributed by atoms with Crippen molar-refractivity contribution in [2.45, 2.75) is 24.8 Å². The van der Waals surface area contributed by atoms with Gasteiger partial charge in [0.1, 0.15) is 0 Å². The quantitative estimate of drug-likeness (QED) is 0.867. The van der Waals surface area contributed by atoms with Crippen LogP contribution < -0.4 is 5.32 Å². The molecule has 1 spiro atoms. The summed E-state index contributed by atoms with van der Waals surface area (Å²) in [6.07, 6.45) is 1.33. The van der Waals surface area contributed by atoms with E-state index in [0.29, 0.717) is 12.8 Å². The number of benzene rings is 2. The number of fused-ring (bicyclic) bond motifs is 2. The predicted octanol–water partition coefficient (Wildman–Crippen LogP) is 3.52. The van der Waals surface area contributed by atoms with Crippen molar-refractivity contribution in [3.8, 4) is 0 Å². The molecule has 1 fully saturated rings. The maximum Gasteiger partial charge on any atom is 0.335 e. The van der Waals surface area contributed by atoms with Crippen LogP contribution in [0.1, 0.15) is 34.3 Å². The van der Waals surface area contributed by atoms with Gasteiger partial charge in [0.05, 0.1) is 11.0 Å². The Morgan fingerprint density at radius 2 is 1.92 bits per heavy atom. The highest BCUT2D eigenvalue weighted by Gasteiger charge is 2.48. The molecule has 2 aliphatic rings. The molecule has 2 N–H and O–H groups in total. The third-order valence-electron chi connectivity index (χ3n) is 5.53. The number of carbonyl (C=O) groups is 2. The van der Waals surface area contributed by atoms with Gasteiger partial charge in [0, 0.05) is 17.3 Å². The second kappa shape index (κ2) is 6.41. The van der Waals surface area contributed by atoms with Gasteiger partial charge in [-0.15, -0.1) is 0 Å². The van der Waals surface area contributed by atoms with Crippen molar-refractivity contribution in [2.24, 2.45) is 0 Å². The monoisotopic (exact) mass is 370 g/mol. The molecule has 1 amide bonds. The first kappa shape index (κ1) is 17.1. The lowest BCUT2D eigenvalue weighted by Crippen LogP contribution is -2.46. The van der Waals surface area contributed by atoms with Gasteiger partial charge in [-0.2, -0.15) is 0 Å². The second-order valence-electron chi connectivity index (χ2n) is 6.97. The first-order valence-corrected chi connectivity index (χ1v) is 9.02. The van der Waals surface area contributed by atoms with Gasteiger partial charge in [-0.05, 0) is 61.3 Å². The number of likely N-dealkylation sites (tertiary alicyclic amines) is 1. The lowest BCUT2D eigenvalue weighted by molar-refractivity contribution is -0.122. The molecule has 0 unspecified atom stereocenters. The Hall–Kier alpha value is -2.37. The molecule has 0 saturated carbocycles. The molecule has 0 bridgehead atoms. The molecule has 134 valence electrons. The van der Waals surface area contributed by atoms with Crippen LogP contribution in [0.3, 0.4) is 0 Å². The molecule has 0 aliphatic carbocycles. The Morgan fingerprint density at radius 3 is 2.62 bits per heavy atom. The van der Waals surface area contributed by atoms with Gasteiger partial charge in [-0.25, -0.2) is 4.79 Å². The van der Waals surface area contributed by atoms with Gasteiger partial charge < -0.3 is 10.4 Å². The molecule has 6 heteroatoms. The zero-order chi connectivity index (χ0) is 18.3. The summed E-state index contributed by atoms with van der Waals surface area (Å²) >= 11 is 6.25. The summed E-state index contributed by atoms with van der Waals surface area (Å²) in [6.45, 7) is 2.27. The van der Waals surface area contributed by atoms with Crippen LogP contribution in [-0.2, 0) is 16.8 Å². The fourth-order valence-electron chi connectivity index (χ4n) is 4.00. The molecule has 0 radical (unpaired) electrons. The van der Waals surface area contributed by atoms with Crippen LogP contribution in [0, 0.1) is 0 Å². The molecule has 2 aliphatic heterocycles. The lowest BCUT2D eigenvalue weighted by atomic mass is 9.73. The summed E-state index contributed by atoms with van der Waals surface area (Å²) in [5.74, 6) is -0.995. The van der Waals surface area contributed by atoms with Crippen LogP contribution >= 0.6 is 11.6 Å². The maximum absolute atomic E-state index is 12.7. The number of anilines is 1. The third-order valence-corrected chi connectivity index (χ3v) is 5.90. The van der Waals surface area contributed by atoms with E-state index in [-0.39, 0.29) is 11.5 Å². The first-order chi connectivity index (χ1) is 12.5. The average molecular weight is 371 g/mol. The number of rotatable bonds is 3. The number of carboxylic acid groups (broad SMARTS) is 1. The molecule has 2 heterocycles. The number of carbonyl (C=O) groups excluding carboxylic acids is 1. The van der Waals surface area contributed by atoms with Crippen molar-refractivity contribution < 1.29 is 14.7 Å². The van der Waals surface area contributed by atoms with Gasteiger partial charge in [-0.3, -0.25) is 9.69 Å². The molecule has 1 saturated heterocycles. The number of carboxylic acids is 1. The topological polar surface area (TPSA) is 69.6 Å². The Labute approximate surface area is 156 Å². The van der Waals surface area contributed by atoms with Crippen LogP contribution in [0.5, 0.6) is 0 Å². The summed E-state index contributed by atoms with van der Waals surface area (Å²) in [5, 5.41) is 13.0. The van der Waals surface area contributed by atoms with Crippen LogP contribution in [0.2, 0.25) is 5.02 Å². The number of hydrogen-bond acceptors (Lipinski definition) is 3. The van der Waals surface area contributed by atoms with E-state index >= 15 is 0 Å². The summed E-state index contributed by atoms with van der Waals surface area (Å²) < 4.78 is 0.